The van der Waals surface area contributed by atoms with Gasteiger partial charge in [0.05, 0.1) is 24.6 Å². The average molecular weight is 294 g/mol. The second-order valence-corrected chi connectivity index (χ2v) is 5.09. The number of carbonyl (C=O) groups is 1. The second kappa shape index (κ2) is 6.64. The summed E-state index contributed by atoms with van der Waals surface area (Å²) >= 11 is 0. The molecule has 1 saturated heterocycles. The van der Waals surface area contributed by atoms with Crippen LogP contribution in [0, 0.1) is 10.1 Å². The molecule has 114 valence electrons. The van der Waals surface area contributed by atoms with Gasteiger partial charge in [-0.25, -0.2) is 0 Å². The first-order valence-corrected chi connectivity index (χ1v) is 6.78. The van der Waals surface area contributed by atoms with Crippen molar-refractivity contribution < 1.29 is 19.6 Å². The number of rotatable bonds is 5. The van der Waals surface area contributed by atoms with Crippen LogP contribution < -0.4 is 0 Å². The van der Waals surface area contributed by atoms with E-state index in [2.05, 4.69) is 4.90 Å². The highest BCUT2D eigenvalue weighted by molar-refractivity contribution is 5.67. The van der Waals surface area contributed by atoms with Crippen LogP contribution >= 0.6 is 0 Å². The summed E-state index contributed by atoms with van der Waals surface area (Å²) in [5.41, 5.74) is 0.980. The summed E-state index contributed by atoms with van der Waals surface area (Å²) in [6.45, 7) is 3.58. The fourth-order valence-electron chi connectivity index (χ4n) is 2.62. The van der Waals surface area contributed by atoms with E-state index in [1.807, 2.05) is 6.92 Å². The molecule has 1 fully saturated rings. The number of hydrogen-bond acceptors (Lipinski definition) is 5. The van der Waals surface area contributed by atoms with Crippen molar-refractivity contribution in [1.82, 2.24) is 4.90 Å². The molecule has 7 heteroatoms. The molecular weight excluding hydrogens is 276 g/mol. The Balaban J connectivity index is 2.14. The molecule has 1 heterocycles. The van der Waals surface area contributed by atoms with Gasteiger partial charge < -0.3 is 9.84 Å². The molecule has 1 aliphatic heterocycles. The number of carboxylic acids is 1. The van der Waals surface area contributed by atoms with Gasteiger partial charge in [-0.15, -0.1) is 0 Å². The molecule has 7 nitrogen and oxygen atoms in total. The normalized spacial score (nSPS) is 20.9. The zero-order valence-electron chi connectivity index (χ0n) is 11.8. The maximum Gasteiger partial charge on any atom is 0.305 e. The van der Waals surface area contributed by atoms with Crippen molar-refractivity contribution in [3.05, 3.63) is 39.9 Å². The molecule has 0 radical (unpaired) electrons. The van der Waals surface area contributed by atoms with Crippen LogP contribution in [0.5, 0.6) is 0 Å². The predicted octanol–water partition coefficient (Wildman–Crippen LogP) is 1.83. The smallest absolute Gasteiger partial charge is 0.305 e. The largest absolute Gasteiger partial charge is 0.481 e. The first-order valence-electron chi connectivity index (χ1n) is 6.78. The lowest BCUT2D eigenvalue weighted by Gasteiger charge is -2.39. The van der Waals surface area contributed by atoms with Crippen LogP contribution in [0.3, 0.4) is 0 Å². The Bertz CT molecular complexity index is 517. The summed E-state index contributed by atoms with van der Waals surface area (Å²) in [5, 5.41) is 19.6. The number of morpholine rings is 1. The summed E-state index contributed by atoms with van der Waals surface area (Å²) in [7, 11) is 0. The molecule has 0 bridgehead atoms. The van der Waals surface area contributed by atoms with Crippen molar-refractivity contribution in [3.63, 3.8) is 0 Å². The number of hydrogen-bond donors (Lipinski definition) is 1. The molecule has 0 amide bonds. The van der Waals surface area contributed by atoms with Gasteiger partial charge in [0.2, 0.25) is 0 Å². The van der Waals surface area contributed by atoms with Crippen molar-refractivity contribution >= 4 is 11.7 Å². The van der Waals surface area contributed by atoms with Crippen molar-refractivity contribution in [2.24, 2.45) is 0 Å². The third kappa shape index (κ3) is 3.77. The van der Waals surface area contributed by atoms with Crippen LogP contribution in [0.2, 0.25) is 0 Å². The van der Waals surface area contributed by atoms with E-state index in [1.165, 1.54) is 12.1 Å². The van der Waals surface area contributed by atoms with Gasteiger partial charge in [0.25, 0.3) is 5.69 Å². The number of aliphatic carboxylic acids is 1. The molecule has 21 heavy (non-hydrogen) atoms. The zero-order valence-corrected chi connectivity index (χ0v) is 11.8. The van der Waals surface area contributed by atoms with Gasteiger partial charge in [-0.2, -0.15) is 0 Å². The Kier molecular flexibility index (Phi) is 4.87. The van der Waals surface area contributed by atoms with Crippen molar-refractivity contribution in [2.45, 2.75) is 25.4 Å². The van der Waals surface area contributed by atoms with E-state index in [1.54, 1.807) is 12.1 Å². The summed E-state index contributed by atoms with van der Waals surface area (Å²) in [5.74, 6) is -0.855. The minimum absolute atomic E-state index is 0.0148. The van der Waals surface area contributed by atoms with Crippen molar-refractivity contribution in [2.75, 3.05) is 19.8 Å². The molecule has 0 spiro atoms. The summed E-state index contributed by atoms with van der Waals surface area (Å²) in [6.07, 6.45) is 0.0251. The highest BCUT2D eigenvalue weighted by atomic mass is 16.6. The number of nitro benzene ring substituents is 1. The standard InChI is InChI=1S/C14H18N2O5/c1-10(11-2-4-12(5-3-11)16(19)20)15-6-7-21-9-13(15)8-14(17)18/h2-5,10,13H,6-9H2,1H3,(H,17,18). The van der Waals surface area contributed by atoms with Crippen LogP contribution in [-0.4, -0.2) is 46.7 Å². The van der Waals surface area contributed by atoms with Crippen LogP contribution in [0.25, 0.3) is 0 Å². The van der Waals surface area contributed by atoms with Crippen LogP contribution in [-0.2, 0) is 9.53 Å². The Morgan fingerprint density at radius 1 is 1.52 bits per heavy atom. The predicted molar refractivity (Wildman–Crippen MR) is 75.1 cm³/mol. The molecular formula is C14H18N2O5. The number of carboxylic acid groups (broad SMARTS) is 1. The van der Waals surface area contributed by atoms with E-state index in [0.717, 1.165) is 5.56 Å². The number of ether oxygens (including phenoxy) is 1. The van der Waals surface area contributed by atoms with Crippen LogP contribution in [0.4, 0.5) is 5.69 Å². The highest BCUT2D eigenvalue weighted by Crippen LogP contribution is 2.27. The SMILES string of the molecule is CC(c1ccc([N+](=O)[O-])cc1)N1CCOCC1CC(=O)O. The Morgan fingerprint density at radius 2 is 2.19 bits per heavy atom. The Morgan fingerprint density at radius 3 is 2.76 bits per heavy atom. The average Bonchev–Trinajstić information content (AvgIpc) is 2.46. The molecule has 2 unspecified atom stereocenters. The van der Waals surface area contributed by atoms with E-state index >= 15 is 0 Å². The quantitative estimate of drug-likeness (QED) is 0.658. The number of nitro groups is 1. The molecule has 2 atom stereocenters. The van der Waals surface area contributed by atoms with E-state index in [0.29, 0.717) is 19.8 Å². The van der Waals surface area contributed by atoms with Gasteiger partial charge in [0.15, 0.2) is 0 Å². The molecule has 2 rings (SSSR count). The molecule has 1 N–H and O–H groups in total. The number of nitrogens with zero attached hydrogens (tertiary/aromatic N) is 2. The van der Waals surface area contributed by atoms with Gasteiger partial charge in [-0.3, -0.25) is 19.8 Å². The van der Waals surface area contributed by atoms with Gasteiger partial charge in [0, 0.05) is 30.8 Å². The third-order valence-corrected chi connectivity index (χ3v) is 3.77. The van der Waals surface area contributed by atoms with E-state index in [9.17, 15) is 14.9 Å². The van der Waals surface area contributed by atoms with Gasteiger partial charge in [-0.1, -0.05) is 12.1 Å². The maximum absolute atomic E-state index is 10.9. The fraction of sp³-hybridized carbons (Fsp3) is 0.500. The Labute approximate surface area is 122 Å². The lowest BCUT2D eigenvalue weighted by Crippen LogP contribution is -2.47. The van der Waals surface area contributed by atoms with E-state index in [-0.39, 0.29) is 24.2 Å². The summed E-state index contributed by atoms with van der Waals surface area (Å²) in [4.78, 5) is 23.3. The van der Waals surface area contributed by atoms with Gasteiger partial charge in [0.1, 0.15) is 0 Å². The third-order valence-electron chi connectivity index (χ3n) is 3.77. The maximum atomic E-state index is 10.9. The molecule has 0 saturated carbocycles. The Hall–Kier alpha value is -1.99. The molecule has 1 aliphatic rings. The monoisotopic (exact) mass is 294 g/mol. The number of benzene rings is 1. The topological polar surface area (TPSA) is 92.9 Å². The van der Waals surface area contributed by atoms with Crippen molar-refractivity contribution in [1.29, 1.82) is 0 Å². The first-order chi connectivity index (χ1) is 9.99. The van der Waals surface area contributed by atoms with Crippen LogP contribution in [0.1, 0.15) is 24.9 Å². The van der Waals surface area contributed by atoms with Gasteiger partial charge >= 0.3 is 5.97 Å². The fourth-order valence-corrected chi connectivity index (χ4v) is 2.62. The van der Waals surface area contributed by atoms with Gasteiger partial charge in [-0.05, 0) is 12.5 Å². The van der Waals surface area contributed by atoms with E-state index in [4.69, 9.17) is 9.84 Å². The lowest BCUT2D eigenvalue weighted by atomic mass is 10.0. The highest BCUT2D eigenvalue weighted by Gasteiger charge is 2.29. The second-order valence-electron chi connectivity index (χ2n) is 5.09. The molecule has 1 aromatic rings. The van der Waals surface area contributed by atoms with Crippen molar-refractivity contribution in [3.8, 4) is 0 Å². The molecule has 0 aromatic heterocycles. The molecule has 1 aromatic carbocycles. The summed E-state index contributed by atoms with van der Waals surface area (Å²) in [6, 6.07) is 6.18. The molecule has 0 aliphatic carbocycles. The van der Waals surface area contributed by atoms with Crippen LogP contribution in [0.15, 0.2) is 24.3 Å². The minimum atomic E-state index is -0.855. The lowest BCUT2D eigenvalue weighted by molar-refractivity contribution is -0.384. The first kappa shape index (κ1) is 15.4. The zero-order chi connectivity index (χ0) is 15.4. The summed E-state index contributed by atoms with van der Waals surface area (Å²) < 4.78 is 5.36. The minimum Gasteiger partial charge on any atom is -0.481 e. The number of non-ortho nitro benzene ring substituents is 1. The van der Waals surface area contributed by atoms with E-state index < -0.39 is 10.9 Å².